The number of likely N-dealkylation sites (tertiary alicyclic amines) is 1. The molecule has 1 saturated heterocycles. The van der Waals surface area contributed by atoms with Crippen LogP contribution in [0, 0.1) is 0 Å². The van der Waals surface area contributed by atoms with Crippen LogP contribution in [-0.2, 0) is 5.41 Å². The first-order valence-electron chi connectivity index (χ1n) is 8.38. The van der Waals surface area contributed by atoms with E-state index < -0.39 is 5.97 Å². The van der Waals surface area contributed by atoms with E-state index in [0.29, 0.717) is 18.8 Å². The molecule has 1 fully saturated rings. The minimum absolute atomic E-state index is 0.0723. The first-order chi connectivity index (χ1) is 11.8. The van der Waals surface area contributed by atoms with E-state index in [2.05, 4.69) is 36.1 Å². The largest absolute Gasteiger partial charge is 0.478 e. The van der Waals surface area contributed by atoms with Gasteiger partial charge >= 0.3 is 5.97 Å². The second kappa shape index (κ2) is 6.34. The lowest BCUT2D eigenvalue weighted by Gasteiger charge is -2.31. The molecule has 0 aliphatic carbocycles. The van der Waals surface area contributed by atoms with Gasteiger partial charge < -0.3 is 10.0 Å². The molecule has 0 atom stereocenters. The van der Waals surface area contributed by atoms with Gasteiger partial charge in [-0.05, 0) is 18.9 Å². The van der Waals surface area contributed by atoms with Crippen molar-refractivity contribution in [2.24, 2.45) is 0 Å². The molecule has 3 rings (SSSR count). The maximum atomic E-state index is 12.6. The Morgan fingerprint density at radius 2 is 1.96 bits per heavy atom. The third-order valence-corrected chi connectivity index (χ3v) is 4.58. The fourth-order valence-electron chi connectivity index (χ4n) is 2.96. The normalized spacial score (nSPS) is 16.2. The topological polar surface area (TPSA) is 104 Å². The van der Waals surface area contributed by atoms with E-state index in [0.717, 1.165) is 18.5 Å². The zero-order valence-electron chi connectivity index (χ0n) is 14.7. The van der Waals surface area contributed by atoms with Crippen LogP contribution in [0.3, 0.4) is 0 Å². The van der Waals surface area contributed by atoms with E-state index in [-0.39, 0.29) is 22.9 Å². The monoisotopic (exact) mass is 345 g/mol. The number of carboxylic acids is 1. The van der Waals surface area contributed by atoms with Crippen LogP contribution < -0.4 is 0 Å². The molecule has 1 amide bonds. The van der Waals surface area contributed by atoms with Gasteiger partial charge in [0, 0.05) is 30.4 Å². The number of aromatic carboxylic acids is 1. The minimum atomic E-state index is -0.980. The number of aromatic amines is 1. The lowest BCUT2D eigenvalue weighted by Crippen LogP contribution is -2.39. The van der Waals surface area contributed by atoms with Gasteiger partial charge in [0.25, 0.3) is 5.91 Å². The molecule has 0 bridgehead atoms. The smallest absolute Gasteiger partial charge is 0.338 e. The number of carboxylic acid groups (broad SMARTS) is 1. The van der Waals surface area contributed by atoms with Crippen molar-refractivity contribution >= 4 is 11.9 Å². The van der Waals surface area contributed by atoms with Crippen LogP contribution in [-0.4, -0.2) is 55.0 Å². The predicted octanol–water partition coefficient (Wildman–Crippen LogP) is 2.08. The third kappa shape index (κ3) is 3.57. The molecule has 25 heavy (non-hydrogen) atoms. The molecule has 0 unspecified atom stereocenters. The first-order valence-corrected chi connectivity index (χ1v) is 8.38. The van der Waals surface area contributed by atoms with Gasteiger partial charge in [-0.15, -0.1) is 0 Å². The molecular formula is C17H23N5O3. The lowest BCUT2D eigenvalue weighted by atomic mass is 9.92. The minimum Gasteiger partial charge on any atom is -0.478 e. The van der Waals surface area contributed by atoms with Crippen molar-refractivity contribution in [3.05, 3.63) is 35.4 Å². The van der Waals surface area contributed by atoms with Crippen molar-refractivity contribution in [3.63, 3.8) is 0 Å². The number of hydrogen-bond donors (Lipinski definition) is 2. The summed E-state index contributed by atoms with van der Waals surface area (Å²) in [7, 11) is 0. The standard InChI is InChI=1S/C17H23N5O3/c1-17(2,3)14-8-13(19-20-14)15(23)21-6-4-12(5-7-21)22-10-11(9-18-22)16(24)25/h8-10,12H,4-7H2,1-3H3,(H,19,20)(H,24,25). The molecule has 1 aliphatic rings. The summed E-state index contributed by atoms with van der Waals surface area (Å²) in [5.41, 5.74) is 1.48. The predicted molar refractivity (Wildman–Crippen MR) is 90.6 cm³/mol. The van der Waals surface area contributed by atoms with Gasteiger partial charge in [0.15, 0.2) is 0 Å². The maximum Gasteiger partial charge on any atom is 0.338 e. The first kappa shape index (κ1) is 17.2. The van der Waals surface area contributed by atoms with Gasteiger partial charge in [-0.25, -0.2) is 4.79 Å². The summed E-state index contributed by atoms with van der Waals surface area (Å²) in [4.78, 5) is 25.4. The number of nitrogens with one attached hydrogen (secondary N) is 1. The quantitative estimate of drug-likeness (QED) is 0.886. The fraction of sp³-hybridized carbons (Fsp3) is 0.529. The Hall–Kier alpha value is -2.64. The number of carbonyl (C=O) groups excluding carboxylic acids is 1. The zero-order chi connectivity index (χ0) is 18.2. The van der Waals surface area contributed by atoms with Gasteiger partial charge in [0.2, 0.25) is 0 Å². The molecule has 0 aromatic carbocycles. The van der Waals surface area contributed by atoms with Crippen LogP contribution in [0.5, 0.6) is 0 Å². The van der Waals surface area contributed by atoms with E-state index in [1.807, 2.05) is 6.07 Å². The summed E-state index contributed by atoms with van der Waals surface area (Å²) in [6.45, 7) is 7.40. The van der Waals surface area contributed by atoms with Crippen LogP contribution in [0.4, 0.5) is 0 Å². The molecule has 0 saturated carbocycles. The van der Waals surface area contributed by atoms with Crippen molar-refractivity contribution in [2.45, 2.75) is 45.1 Å². The number of aromatic nitrogens is 4. The van der Waals surface area contributed by atoms with Crippen LogP contribution in [0.15, 0.2) is 18.5 Å². The van der Waals surface area contributed by atoms with Gasteiger partial charge in [-0.1, -0.05) is 20.8 Å². The molecule has 134 valence electrons. The number of nitrogens with zero attached hydrogens (tertiary/aromatic N) is 4. The fourth-order valence-corrected chi connectivity index (χ4v) is 2.96. The van der Waals surface area contributed by atoms with Gasteiger partial charge in [0.05, 0.1) is 17.8 Å². The second-order valence-corrected chi connectivity index (χ2v) is 7.45. The summed E-state index contributed by atoms with van der Waals surface area (Å²) in [5.74, 6) is -1.05. The SMILES string of the molecule is CC(C)(C)c1cc(C(=O)N2CCC(n3cc(C(=O)O)cn3)CC2)n[nH]1. The highest BCUT2D eigenvalue weighted by atomic mass is 16.4. The summed E-state index contributed by atoms with van der Waals surface area (Å²) < 4.78 is 1.69. The van der Waals surface area contributed by atoms with E-state index in [9.17, 15) is 9.59 Å². The van der Waals surface area contributed by atoms with Crippen molar-refractivity contribution < 1.29 is 14.7 Å². The Kier molecular flexibility index (Phi) is 4.36. The van der Waals surface area contributed by atoms with Gasteiger partial charge in [-0.3, -0.25) is 14.6 Å². The van der Waals surface area contributed by atoms with Crippen molar-refractivity contribution in [2.75, 3.05) is 13.1 Å². The summed E-state index contributed by atoms with van der Waals surface area (Å²) in [5, 5.41) is 20.2. The number of piperidine rings is 1. The highest BCUT2D eigenvalue weighted by Gasteiger charge is 2.27. The Bertz CT molecular complexity index is 778. The van der Waals surface area contributed by atoms with Crippen molar-refractivity contribution in [1.29, 1.82) is 0 Å². The van der Waals surface area contributed by atoms with E-state index in [1.54, 1.807) is 15.8 Å². The molecule has 0 radical (unpaired) electrons. The Balaban J connectivity index is 1.62. The summed E-state index contributed by atoms with van der Waals surface area (Å²) >= 11 is 0. The average molecular weight is 345 g/mol. The number of rotatable bonds is 3. The third-order valence-electron chi connectivity index (χ3n) is 4.58. The van der Waals surface area contributed by atoms with Crippen LogP contribution in [0.25, 0.3) is 0 Å². The average Bonchev–Trinajstić information content (AvgIpc) is 3.23. The van der Waals surface area contributed by atoms with Crippen LogP contribution in [0.2, 0.25) is 0 Å². The summed E-state index contributed by atoms with van der Waals surface area (Å²) in [6, 6.07) is 1.93. The zero-order valence-corrected chi connectivity index (χ0v) is 14.7. The van der Waals surface area contributed by atoms with E-state index >= 15 is 0 Å². The molecule has 8 heteroatoms. The molecule has 2 aromatic rings. The van der Waals surface area contributed by atoms with Gasteiger partial charge in [-0.2, -0.15) is 10.2 Å². The highest BCUT2D eigenvalue weighted by Crippen LogP contribution is 2.25. The lowest BCUT2D eigenvalue weighted by molar-refractivity contribution is 0.0683. The van der Waals surface area contributed by atoms with Crippen LogP contribution in [0.1, 0.15) is 66.2 Å². The molecule has 8 nitrogen and oxygen atoms in total. The number of amides is 1. The molecule has 2 aromatic heterocycles. The Morgan fingerprint density at radius 3 is 2.48 bits per heavy atom. The number of carbonyl (C=O) groups is 2. The number of H-pyrrole nitrogens is 1. The molecule has 2 N–H and O–H groups in total. The number of hydrogen-bond acceptors (Lipinski definition) is 4. The second-order valence-electron chi connectivity index (χ2n) is 7.45. The molecule has 3 heterocycles. The Labute approximate surface area is 145 Å². The highest BCUT2D eigenvalue weighted by molar-refractivity contribution is 5.92. The summed E-state index contributed by atoms with van der Waals surface area (Å²) in [6.07, 6.45) is 4.39. The van der Waals surface area contributed by atoms with Crippen LogP contribution >= 0.6 is 0 Å². The maximum absolute atomic E-state index is 12.6. The van der Waals surface area contributed by atoms with Gasteiger partial charge in [0.1, 0.15) is 5.69 Å². The van der Waals surface area contributed by atoms with Crippen molar-refractivity contribution in [1.82, 2.24) is 24.9 Å². The molecular weight excluding hydrogens is 322 g/mol. The van der Waals surface area contributed by atoms with E-state index in [4.69, 9.17) is 5.11 Å². The van der Waals surface area contributed by atoms with E-state index in [1.165, 1.54) is 6.20 Å². The Morgan fingerprint density at radius 1 is 1.28 bits per heavy atom. The van der Waals surface area contributed by atoms with Crippen molar-refractivity contribution in [3.8, 4) is 0 Å². The molecule has 1 aliphatic heterocycles. The molecule has 0 spiro atoms.